The molecule has 1 aromatic rings. The summed E-state index contributed by atoms with van der Waals surface area (Å²) in [5, 5.41) is 11.4. The molecular formula is C32H49N5O7. The molecule has 4 N–H and O–H groups in total. The van der Waals surface area contributed by atoms with Crippen molar-refractivity contribution in [3.05, 3.63) is 29.8 Å². The Morgan fingerprint density at radius 3 is 2.14 bits per heavy atom. The van der Waals surface area contributed by atoms with E-state index in [0.717, 1.165) is 5.56 Å². The van der Waals surface area contributed by atoms with Crippen LogP contribution in [0.4, 0.5) is 0 Å². The number of nitrogens with zero attached hydrogens (tertiary/aromatic N) is 1. The highest BCUT2D eigenvalue weighted by atomic mass is 16.5. The van der Waals surface area contributed by atoms with Gasteiger partial charge in [-0.15, -0.1) is 0 Å². The van der Waals surface area contributed by atoms with Gasteiger partial charge in [-0.1, -0.05) is 39.8 Å². The van der Waals surface area contributed by atoms with E-state index in [1.807, 2.05) is 27.7 Å². The van der Waals surface area contributed by atoms with Crippen molar-refractivity contribution in [2.24, 2.45) is 17.8 Å². The molecule has 1 aromatic carbocycles. The van der Waals surface area contributed by atoms with Crippen molar-refractivity contribution in [1.82, 2.24) is 26.2 Å². The SMILES string of the molecule is COc1ccc(C[C@@H]2NC(=O)[C@H](CC(C)C)NC(=O)CN(C(=O)C3CCOCC3)C[C@H](C(C)C)NC(=O)[C@@H](C)NC2=O)cc1. The molecule has 12 heteroatoms. The Morgan fingerprint density at radius 1 is 0.909 bits per heavy atom. The number of ether oxygens (including phenoxy) is 2. The molecule has 2 fully saturated rings. The summed E-state index contributed by atoms with van der Waals surface area (Å²) in [6.45, 7) is 10.1. The summed E-state index contributed by atoms with van der Waals surface area (Å²) in [6.07, 6.45) is 1.58. The van der Waals surface area contributed by atoms with Crippen LogP contribution in [0.2, 0.25) is 0 Å². The quantitative estimate of drug-likeness (QED) is 0.359. The van der Waals surface area contributed by atoms with Crippen molar-refractivity contribution < 1.29 is 33.4 Å². The minimum atomic E-state index is -1.02. The average molecular weight is 616 g/mol. The Bertz CT molecular complexity index is 1150. The van der Waals surface area contributed by atoms with E-state index in [2.05, 4.69) is 21.3 Å². The zero-order chi connectivity index (χ0) is 32.4. The highest BCUT2D eigenvalue weighted by Crippen LogP contribution is 2.19. The minimum absolute atomic E-state index is 0.0501. The molecule has 244 valence electrons. The first-order chi connectivity index (χ1) is 20.9. The van der Waals surface area contributed by atoms with Crippen LogP contribution in [-0.2, 0) is 35.1 Å². The number of nitrogens with one attached hydrogen (secondary N) is 4. The van der Waals surface area contributed by atoms with E-state index in [1.54, 1.807) is 38.3 Å². The lowest BCUT2D eigenvalue weighted by Gasteiger charge is -2.34. The predicted octanol–water partition coefficient (Wildman–Crippen LogP) is 1.17. The summed E-state index contributed by atoms with van der Waals surface area (Å²) in [7, 11) is 1.56. The van der Waals surface area contributed by atoms with Gasteiger partial charge in [0.2, 0.25) is 29.5 Å². The van der Waals surface area contributed by atoms with E-state index in [0.29, 0.717) is 38.2 Å². The fraction of sp³-hybridized carbons (Fsp3) is 0.656. The summed E-state index contributed by atoms with van der Waals surface area (Å²) < 4.78 is 10.7. The molecule has 12 nitrogen and oxygen atoms in total. The van der Waals surface area contributed by atoms with Gasteiger partial charge in [0.25, 0.3) is 0 Å². The Labute approximate surface area is 260 Å². The molecule has 0 spiro atoms. The second-order valence-electron chi connectivity index (χ2n) is 12.6. The summed E-state index contributed by atoms with van der Waals surface area (Å²) in [4.78, 5) is 69.1. The topological polar surface area (TPSA) is 155 Å². The second-order valence-corrected chi connectivity index (χ2v) is 12.6. The molecule has 0 bridgehead atoms. The summed E-state index contributed by atoms with van der Waals surface area (Å²) in [6, 6.07) is 3.77. The number of methoxy groups -OCH3 is 1. The summed E-state index contributed by atoms with van der Waals surface area (Å²) in [5.74, 6) is -1.82. The van der Waals surface area contributed by atoms with Crippen LogP contribution >= 0.6 is 0 Å². The molecule has 3 rings (SSSR count). The van der Waals surface area contributed by atoms with Crippen LogP contribution in [0.3, 0.4) is 0 Å². The van der Waals surface area contributed by atoms with Crippen LogP contribution in [0.25, 0.3) is 0 Å². The number of hydrogen-bond acceptors (Lipinski definition) is 7. The number of amides is 5. The van der Waals surface area contributed by atoms with Crippen molar-refractivity contribution in [1.29, 1.82) is 0 Å². The van der Waals surface area contributed by atoms with Gasteiger partial charge in [0.1, 0.15) is 23.9 Å². The van der Waals surface area contributed by atoms with Crippen LogP contribution in [0.5, 0.6) is 5.75 Å². The number of hydrogen-bond donors (Lipinski definition) is 4. The number of carbonyl (C=O) groups is 5. The summed E-state index contributed by atoms with van der Waals surface area (Å²) in [5.41, 5.74) is 0.771. The zero-order valence-corrected chi connectivity index (χ0v) is 26.8. The molecule has 2 saturated heterocycles. The van der Waals surface area contributed by atoms with E-state index in [-0.39, 0.29) is 43.2 Å². The normalized spacial score (nSPS) is 25.0. The van der Waals surface area contributed by atoms with E-state index < -0.39 is 47.8 Å². The number of carbonyl (C=O) groups excluding carboxylic acids is 5. The van der Waals surface area contributed by atoms with E-state index in [4.69, 9.17) is 9.47 Å². The molecule has 0 radical (unpaired) electrons. The highest BCUT2D eigenvalue weighted by Gasteiger charge is 2.34. The minimum Gasteiger partial charge on any atom is -0.497 e. The van der Waals surface area contributed by atoms with E-state index >= 15 is 0 Å². The van der Waals surface area contributed by atoms with Crippen LogP contribution in [0, 0.1) is 17.8 Å². The largest absolute Gasteiger partial charge is 0.497 e. The van der Waals surface area contributed by atoms with Gasteiger partial charge in [0.05, 0.1) is 13.7 Å². The lowest BCUT2D eigenvalue weighted by molar-refractivity contribution is -0.143. The fourth-order valence-corrected chi connectivity index (χ4v) is 5.38. The van der Waals surface area contributed by atoms with Gasteiger partial charge in [0.15, 0.2) is 0 Å². The molecule has 4 atom stereocenters. The molecule has 0 unspecified atom stereocenters. The third-order valence-electron chi connectivity index (χ3n) is 8.11. The standard InChI is InChI=1S/C32H49N5O7/c1-19(2)15-25-31(41)35-26(16-22-7-9-24(43-6)10-8-22)30(40)33-21(5)29(39)36-27(20(3)4)17-37(18-28(38)34-25)32(42)23-11-13-44-14-12-23/h7-10,19-21,23,25-27H,11-18H2,1-6H3,(H,33,40)(H,34,38)(H,35,41)(H,36,39)/t21-,25+,26+,27-/m1/s1. The number of benzene rings is 1. The van der Waals surface area contributed by atoms with Crippen LogP contribution in [0.1, 0.15) is 59.4 Å². The molecule has 0 aromatic heterocycles. The molecule has 0 aliphatic carbocycles. The van der Waals surface area contributed by atoms with Crippen molar-refractivity contribution in [2.45, 2.75) is 84.5 Å². The maximum atomic E-state index is 13.7. The van der Waals surface area contributed by atoms with Gasteiger partial charge >= 0.3 is 0 Å². The van der Waals surface area contributed by atoms with Gasteiger partial charge in [-0.25, -0.2) is 0 Å². The zero-order valence-electron chi connectivity index (χ0n) is 26.8. The molecular weight excluding hydrogens is 566 g/mol. The van der Waals surface area contributed by atoms with E-state index in [9.17, 15) is 24.0 Å². The lowest BCUT2D eigenvalue weighted by atomic mass is 9.97. The van der Waals surface area contributed by atoms with Crippen molar-refractivity contribution in [3.8, 4) is 5.75 Å². The third kappa shape index (κ3) is 10.2. The second kappa shape index (κ2) is 16.4. The van der Waals surface area contributed by atoms with Crippen molar-refractivity contribution >= 4 is 29.5 Å². The Kier molecular flexibility index (Phi) is 13.0. The van der Waals surface area contributed by atoms with Crippen LogP contribution in [-0.4, -0.2) is 92.0 Å². The maximum Gasteiger partial charge on any atom is 0.243 e. The molecule has 2 heterocycles. The fourth-order valence-electron chi connectivity index (χ4n) is 5.38. The monoisotopic (exact) mass is 615 g/mol. The third-order valence-corrected chi connectivity index (χ3v) is 8.11. The van der Waals surface area contributed by atoms with Gasteiger partial charge < -0.3 is 35.6 Å². The molecule has 44 heavy (non-hydrogen) atoms. The van der Waals surface area contributed by atoms with E-state index in [1.165, 1.54) is 4.90 Å². The molecule has 0 saturated carbocycles. The average Bonchev–Trinajstić information content (AvgIpc) is 2.99. The first-order valence-corrected chi connectivity index (χ1v) is 15.6. The van der Waals surface area contributed by atoms with Gasteiger partial charge in [-0.05, 0) is 55.7 Å². The number of rotatable bonds is 7. The summed E-state index contributed by atoms with van der Waals surface area (Å²) >= 11 is 0. The Hall–Kier alpha value is -3.67. The highest BCUT2D eigenvalue weighted by molar-refractivity contribution is 5.95. The van der Waals surface area contributed by atoms with Crippen molar-refractivity contribution in [3.63, 3.8) is 0 Å². The van der Waals surface area contributed by atoms with Crippen LogP contribution < -0.4 is 26.0 Å². The molecule has 5 amide bonds. The lowest BCUT2D eigenvalue weighted by Crippen LogP contribution is -2.57. The smallest absolute Gasteiger partial charge is 0.243 e. The Balaban J connectivity index is 1.95. The predicted molar refractivity (Wildman–Crippen MR) is 165 cm³/mol. The van der Waals surface area contributed by atoms with Crippen LogP contribution in [0.15, 0.2) is 24.3 Å². The first-order valence-electron chi connectivity index (χ1n) is 15.6. The molecule has 2 aliphatic rings. The molecule has 2 aliphatic heterocycles. The van der Waals surface area contributed by atoms with Gasteiger partial charge in [0, 0.05) is 38.1 Å². The van der Waals surface area contributed by atoms with Crippen molar-refractivity contribution in [2.75, 3.05) is 33.4 Å². The first kappa shape index (κ1) is 34.8. The van der Waals surface area contributed by atoms with Gasteiger partial charge in [-0.2, -0.15) is 0 Å². The van der Waals surface area contributed by atoms with Gasteiger partial charge in [-0.3, -0.25) is 24.0 Å². The Morgan fingerprint density at radius 2 is 1.55 bits per heavy atom. The maximum absolute atomic E-state index is 13.7.